The minimum absolute atomic E-state index is 0.956. The van der Waals surface area contributed by atoms with Gasteiger partial charge in [0.1, 0.15) is 6.26 Å². The van der Waals surface area contributed by atoms with Crippen LogP contribution in [0.5, 0.6) is 0 Å². The normalized spacial score (nSPS) is 17.8. The second kappa shape index (κ2) is 4.58. The molecule has 0 aliphatic carbocycles. The molecule has 0 amide bonds. The maximum Gasteiger partial charge on any atom is 0.279 e. The summed E-state index contributed by atoms with van der Waals surface area (Å²) in [6.07, 6.45) is 3.59. The summed E-state index contributed by atoms with van der Waals surface area (Å²) in [5.41, 5.74) is 0. The Labute approximate surface area is 71.8 Å². The molecule has 0 N–H and O–H groups in total. The van der Waals surface area contributed by atoms with E-state index in [1.807, 2.05) is 5.01 Å². The third-order valence-corrected chi connectivity index (χ3v) is 1.68. The zero-order valence-corrected chi connectivity index (χ0v) is 7.27. The molecule has 1 aliphatic heterocycles. The van der Waals surface area contributed by atoms with E-state index in [4.69, 9.17) is 4.84 Å². The van der Waals surface area contributed by atoms with Gasteiger partial charge >= 0.3 is 0 Å². The van der Waals surface area contributed by atoms with Gasteiger partial charge < -0.3 is 4.84 Å². The topological polar surface area (TPSA) is 37.1 Å². The fraction of sp³-hybridized carbons (Fsp3) is 0.714. The first-order valence-corrected chi connectivity index (χ1v) is 3.95. The molecule has 0 bridgehead atoms. The Balaban J connectivity index is 2.47. The summed E-state index contributed by atoms with van der Waals surface area (Å²) < 4.78 is 0. The van der Waals surface area contributed by atoms with Crippen LogP contribution in [0.3, 0.4) is 0 Å². The van der Waals surface area contributed by atoms with Crippen LogP contribution in [0.15, 0.2) is 18.1 Å². The Morgan fingerprint density at radius 3 is 2.67 bits per heavy atom. The van der Waals surface area contributed by atoms with E-state index in [0.29, 0.717) is 0 Å². The molecule has 1 rings (SSSR count). The van der Waals surface area contributed by atoms with E-state index in [1.165, 1.54) is 24.1 Å². The van der Waals surface area contributed by atoms with Crippen molar-refractivity contribution >= 4 is 0 Å². The van der Waals surface area contributed by atoms with E-state index >= 15 is 0 Å². The maximum atomic E-state index is 4.96. The molecule has 0 aromatic heterocycles. The summed E-state index contributed by atoms with van der Waals surface area (Å²) in [7, 11) is 1.55. The standard InChI is InChI=1S/C7H14N3O2/c1-3-12-8-10(11-2)9-6-4-5-7-9/h3H,1,4-7H2,2H3/q+1/b10-8-. The summed E-state index contributed by atoms with van der Waals surface area (Å²) in [6.45, 7) is 5.29. The third-order valence-electron chi connectivity index (χ3n) is 1.68. The predicted octanol–water partition coefficient (Wildman–Crippen LogP) is 1.10. The first kappa shape index (κ1) is 8.83. The van der Waals surface area contributed by atoms with Crippen LogP contribution in [0.2, 0.25) is 0 Å². The minimum atomic E-state index is 0.956. The first-order chi connectivity index (χ1) is 5.88. The van der Waals surface area contributed by atoms with Gasteiger partial charge in [-0.3, -0.25) is 0 Å². The molecule has 5 nitrogen and oxygen atoms in total. The molecule has 0 radical (unpaired) electrons. The number of hydrogen-bond acceptors (Lipinski definition) is 3. The van der Waals surface area contributed by atoms with Gasteiger partial charge in [-0.1, -0.05) is 6.58 Å². The average molecular weight is 172 g/mol. The van der Waals surface area contributed by atoms with Gasteiger partial charge in [-0.05, 0) is 12.8 Å². The van der Waals surface area contributed by atoms with Crippen LogP contribution >= 0.6 is 0 Å². The summed E-state index contributed by atoms with van der Waals surface area (Å²) in [5, 5.41) is 5.62. The van der Waals surface area contributed by atoms with Gasteiger partial charge in [0.15, 0.2) is 7.11 Å². The zero-order chi connectivity index (χ0) is 8.81. The van der Waals surface area contributed by atoms with Crippen LogP contribution in [0, 0.1) is 0 Å². The highest BCUT2D eigenvalue weighted by Gasteiger charge is 2.24. The van der Waals surface area contributed by atoms with Crippen molar-refractivity contribution in [2.75, 3.05) is 20.2 Å². The van der Waals surface area contributed by atoms with Crippen molar-refractivity contribution in [2.45, 2.75) is 12.8 Å². The fourth-order valence-corrected chi connectivity index (χ4v) is 1.15. The Kier molecular flexibility index (Phi) is 3.37. The number of nitrogens with zero attached hydrogens (tertiary/aromatic N) is 3. The van der Waals surface area contributed by atoms with Gasteiger partial charge in [0.25, 0.3) is 10.2 Å². The Morgan fingerprint density at radius 2 is 2.17 bits per heavy atom. The molecule has 1 heterocycles. The van der Waals surface area contributed by atoms with Crippen LogP contribution in [0.1, 0.15) is 12.8 Å². The molecular weight excluding hydrogens is 158 g/mol. The molecule has 68 valence electrons. The molecule has 0 unspecified atom stereocenters. The summed E-state index contributed by atoms with van der Waals surface area (Å²) in [5.74, 6) is 0. The number of hydrogen-bond donors (Lipinski definition) is 0. The van der Waals surface area contributed by atoms with E-state index in [2.05, 4.69) is 16.7 Å². The smallest absolute Gasteiger partial charge is 0.279 e. The third kappa shape index (κ3) is 2.11. The van der Waals surface area contributed by atoms with Crippen LogP contribution in [0.25, 0.3) is 0 Å². The van der Waals surface area contributed by atoms with Crippen molar-refractivity contribution in [3.8, 4) is 0 Å². The minimum Gasteiger partial charge on any atom is -0.311 e. The molecule has 1 fully saturated rings. The van der Waals surface area contributed by atoms with Crippen LogP contribution in [-0.4, -0.2) is 30.2 Å². The molecule has 0 atom stereocenters. The molecule has 0 saturated carbocycles. The largest absolute Gasteiger partial charge is 0.311 e. The van der Waals surface area contributed by atoms with Crippen molar-refractivity contribution in [1.29, 1.82) is 0 Å². The lowest BCUT2D eigenvalue weighted by Crippen LogP contribution is -2.30. The quantitative estimate of drug-likeness (QED) is 0.276. The lowest BCUT2D eigenvalue weighted by Gasteiger charge is -2.04. The molecule has 12 heavy (non-hydrogen) atoms. The van der Waals surface area contributed by atoms with E-state index in [9.17, 15) is 0 Å². The zero-order valence-electron chi connectivity index (χ0n) is 7.27. The lowest BCUT2D eigenvalue weighted by atomic mass is 10.4. The molecule has 0 spiro atoms. The van der Waals surface area contributed by atoms with E-state index in [-0.39, 0.29) is 0 Å². The van der Waals surface area contributed by atoms with Gasteiger partial charge in [-0.15, -0.1) is 5.01 Å². The number of rotatable bonds is 4. The van der Waals surface area contributed by atoms with Crippen molar-refractivity contribution in [3.63, 3.8) is 0 Å². The Hall–Kier alpha value is -1.26. The van der Waals surface area contributed by atoms with Gasteiger partial charge in [-0.2, -0.15) is 0 Å². The molecule has 1 aliphatic rings. The van der Waals surface area contributed by atoms with E-state index < -0.39 is 0 Å². The van der Waals surface area contributed by atoms with Crippen LogP contribution in [-0.2, 0) is 9.68 Å². The first-order valence-electron chi connectivity index (χ1n) is 3.95. The fourth-order valence-electron chi connectivity index (χ4n) is 1.15. The van der Waals surface area contributed by atoms with Gasteiger partial charge in [0, 0.05) is 0 Å². The molecular formula is C7H14N3O2+. The van der Waals surface area contributed by atoms with E-state index in [0.717, 1.165) is 13.1 Å². The van der Waals surface area contributed by atoms with Gasteiger partial charge in [-0.25, -0.2) is 4.84 Å². The summed E-state index contributed by atoms with van der Waals surface area (Å²) >= 11 is 0. The van der Waals surface area contributed by atoms with Crippen molar-refractivity contribution in [3.05, 3.63) is 12.8 Å². The monoisotopic (exact) mass is 172 g/mol. The summed E-state index contributed by atoms with van der Waals surface area (Å²) in [4.78, 5) is 10.9. The van der Waals surface area contributed by atoms with Crippen molar-refractivity contribution in [2.24, 2.45) is 5.28 Å². The molecule has 5 heteroatoms. The second-order valence-electron chi connectivity index (χ2n) is 2.45. The Bertz CT molecular complexity index is 175. The number of hydrazine groups is 1. The summed E-state index contributed by atoms with van der Waals surface area (Å²) in [6, 6.07) is 0. The molecule has 1 saturated heterocycles. The molecule has 0 aromatic rings. The van der Waals surface area contributed by atoms with Gasteiger partial charge in [0.2, 0.25) is 0 Å². The van der Waals surface area contributed by atoms with Crippen LogP contribution < -0.4 is 0 Å². The van der Waals surface area contributed by atoms with Crippen molar-refractivity contribution in [1.82, 2.24) is 5.01 Å². The highest BCUT2D eigenvalue weighted by atomic mass is 16.8. The maximum absolute atomic E-state index is 4.96. The van der Waals surface area contributed by atoms with E-state index in [1.54, 1.807) is 7.11 Å². The second-order valence-corrected chi connectivity index (χ2v) is 2.45. The Morgan fingerprint density at radius 1 is 1.50 bits per heavy atom. The lowest BCUT2D eigenvalue weighted by molar-refractivity contribution is -0.940. The average Bonchev–Trinajstić information content (AvgIpc) is 2.59. The van der Waals surface area contributed by atoms with Crippen molar-refractivity contribution < 1.29 is 14.6 Å². The highest BCUT2D eigenvalue weighted by Crippen LogP contribution is 2.07. The molecule has 0 aromatic carbocycles. The SMILES string of the molecule is C=CO/N=[N+](\OC)N1CCCC1. The van der Waals surface area contributed by atoms with Gasteiger partial charge in [0.05, 0.1) is 13.1 Å². The van der Waals surface area contributed by atoms with Crippen LogP contribution in [0.4, 0.5) is 0 Å². The highest BCUT2D eigenvalue weighted by molar-refractivity contribution is 4.54. The predicted molar refractivity (Wildman–Crippen MR) is 41.8 cm³/mol.